The molecule has 2 aromatic carbocycles. The minimum Gasteiger partial charge on any atom is -0.236 e. The van der Waals surface area contributed by atoms with Crippen molar-refractivity contribution >= 4 is 37.4 Å². The van der Waals surface area contributed by atoms with Crippen molar-refractivity contribution in [2.24, 2.45) is 0 Å². The molecule has 7 rings (SSSR count). The van der Waals surface area contributed by atoms with Gasteiger partial charge in [0, 0.05) is 11.3 Å². The molecule has 0 N–H and O–H groups in total. The van der Waals surface area contributed by atoms with Gasteiger partial charge in [-0.15, -0.1) is 16.4 Å². The summed E-state index contributed by atoms with van der Waals surface area (Å²) >= 11 is 1.34. The number of benzene rings is 2. The van der Waals surface area contributed by atoms with Gasteiger partial charge in [-0.2, -0.15) is 0 Å². The van der Waals surface area contributed by atoms with Crippen molar-refractivity contribution in [3.63, 3.8) is 0 Å². The molecule has 1 aliphatic carbocycles. The second kappa shape index (κ2) is 7.36. The van der Waals surface area contributed by atoms with Gasteiger partial charge in [0.2, 0.25) is 0 Å². The van der Waals surface area contributed by atoms with Crippen LogP contribution in [0.2, 0.25) is 0 Å². The van der Waals surface area contributed by atoms with Crippen LogP contribution in [-0.2, 0) is 0 Å². The summed E-state index contributed by atoms with van der Waals surface area (Å²) in [4.78, 5) is 14.4. The number of halogens is 2. The summed E-state index contributed by atoms with van der Waals surface area (Å²) < 4.78 is 29.9. The van der Waals surface area contributed by atoms with E-state index in [-0.39, 0.29) is 11.6 Å². The fourth-order valence-corrected chi connectivity index (χ4v) is 5.86. The third kappa shape index (κ3) is 3.02. The molecule has 6 aromatic rings. The van der Waals surface area contributed by atoms with Crippen LogP contribution in [0, 0.1) is 0 Å². The van der Waals surface area contributed by atoms with E-state index in [9.17, 15) is 8.78 Å². The Kier molecular flexibility index (Phi) is 4.26. The zero-order valence-corrected chi connectivity index (χ0v) is 18.6. The molecule has 0 amide bonds. The summed E-state index contributed by atoms with van der Waals surface area (Å²) in [6.07, 6.45) is 0.0201. The molecule has 0 spiro atoms. The van der Waals surface area contributed by atoms with E-state index in [0.29, 0.717) is 27.5 Å². The van der Waals surface area contributed by atoms with Crippen molar-refractivity contribution < 1.29 is 8.78 Å². The lowest BCUT2D eigenvalue weighted by Crippen LogP contribution is -1.93. The lowest BCUT2D eigenvalue weighted by atomic mass is 10.0. The average molecular weight is 470 g/mol. The topological polar surface area (TPSA) is 56.0 Å². The molecule has 4 aromatic heterocycles. The Hall–Kier alpha value is -3.78. The van der Waals surface area contributed by atoms with Gasteiger partial charge in [0.1, 0.15) is 21.6 Å². The van der Waals surface area contributed by atoms with Crippen molar-refractivity contribution in [2.45, 2.75) is 24.7 Å². The number of fused-ring (bicyclic) bond motifs is 5. The van der Waals surface area contributed by atoms with Crippen LogP contribution >= 0.6 is 11.3 Å². The number of nitrogens with zero attached hydrogens (tertiary/aromatic N) is 5. The highest BCUT2D eigenvalue weighted by molar-refractivity contribution is 7.26. The lowest BCUT2D eigenvalue weighted by Gasteiger charge is -2.07. The third-order valence-electron chi connectivity index (χ3n) is 6.46. The maximum absolute atomic E-state index is 13.7. The molecule has 34 heavy (non-hydrogen) atoms. The number of hydrogen-bond donors (Lipinski definition) is 0. The Morgan fingerprint density at radius 2 is 1.71 bits per heavy atom. The number of aromatic nitrogens is 5. The van der Waals surface area contributed by atoms with Gasteiger partial charge < -0.3 is 0 Å². The standard InChI is InChI=1S/C26H17F2N5S/c27-23(28)19-12-17(15-9-5-2-6-10-15)20-21-22(34-26(20)30-19)25-31-24(32-33(25)13-29-21)18-11-16(18)14-7-3-1-4-8-14/h1-10,12-13,16,18,23H,11H2/t16-,18+/m0/s1. The molecule has 0 saturated heterocycles. The normalized spacial score (nSPS) is 17.9. The largest absolute Gasteiger partial charge is 0.280 e. The number of pyridine rings is 1. The van der Waals surface area contributed by atoms with Crippen LogP contribution in [0.4, 0.5) is 8.78 Å². The van der Waals surface area contributed by atoms with Crippen LogP contribution < -0.4 is 0 Å². The first-order valence-corrected chi connectivity index (χ1v) is 11.9. The molecule has 0 aliphatic heterocycles. The van der Waals surface area contributed by atoms with Gasteiger partial charge in [0.15, 0.2) is 11.5 Å². The summed E-state index contributed by atoms with van der Waals surface area (Å²) in [6, 6.07) is 21.4. The number of rotatable bonds is 4. The first-order chi connectivity index (χ1) is 16.7. The molecule has 0 radical (unpaired) electrons. The number of alkyl halides is 2. The molecular weight excluding hydrogens is 452 g/mol. The van der Waals surface area contributed by atoms with Gasteiger partial charge in [0.05, 0.1) is 5.52 Å². The van der Waals surface area contributed by atoms with Crippen LogP contribution in [0.3, 0.4) is 0 Å². The Morgan fingerprint density at radius 3 is 2.47 bits per heavy atom. The Labute approximate surface area is 196 Å². The van der Waals surface area contributed by atoms with E-state index in [4.69, 9.17) is 10.1 Å². The second-order valence-electron chi connectivity index (χ2n) is 8.56. The quantitative estimate of drug-likeness (QED) is 0.286. The Bertz CT molecular complexity index is 1680. The van der Waals surface area contributed by atoms with E-state index in [1.54, 1.807) is 10.8 Å². The molecule has 1 aliphatic rings. The smallest absolute Gasteiger partial charge is 0.236 e. The fourth-order valence-electron chi connectivity index (χ4n) is 4.73. The van der Waals surface area contributed by atoms with Crippen LogP contribution in [0.1, 0.15) is 41.8 Å². The molecule has 0 bridgehead atoms. The predicted molar refractivity (Wildman–Crippen MR) is 128 cm³/mol. The van der Waals surface area contributed by atoms with Crippen molar-refractivity contribution in [3.05, 3.63) is 90.1 Å². The molecule has 5 nitrogen and oxygen atoms in total. The summed E-state index contributed by atoms with van der Waals surface area (Å²) in [5.41, 5.74) is 4.03. The molecule has 4 heterocycles. The van der Waals surface area contributed by atoms with E-state index in [2.05, 4.69) is 34.2 Å². The van der Waals surface area contributed by atoms with Gasteiger partial charge in [-0.25, -0.2) is 28.2 Å². The van der Waals surface area contributed by atoms with E-state index in [0.717, 1.165) is 27.9 Å². The van der Waals surface area contributed by atoms with Gasteiger partial charge in [0.25, 0.3) is 6.43 Å². The van der Waals surface area contributed by atoms with E-state index in [1.165, 1.54) is 23.0 Å². The van der Waals surface area contributed by atoms with Gasteiger partial charge in [-0.1, -0.05) is 60.7 Å². The fraction of sp³-hybridized carbons (Fsp3) is 0.154. The Morgan fingerprint density at radius 1 is 0.941 bits per heavy atom. The van der Waals surface area contributed by atoms with Crippen LogP contribution in [-0.4, -0.2) is 24.6 Å². The summed E-state index contributed by atoms with van der Waals surface area (Å²) in [5, 5.41) is 5.48. The van der Waals surface area contributed by atoms with Crippen molar-refractivity contribution in [1.29, 1.82) is 0 Å². The van der Waals surface area contributed by atoms with Gasteiger partial charge in [-0.3, -0.25) is 0 Å². The molecule has 1 saturated carbocycles. The highest BCUT2D eigenvalue weighted by atomic mass is 32.1. The van der Waals surface area contributed by atoms with Crippen LogP contribution in [0.5, 0.6) is 0 Å². The van der Waals surface area contributed by atoms with E-state index < -0.39 is 6.43 Å². The van der Waals surface area contributed by atoms with Gasteiger partial charge in [-0.05, 0) is 35.1 Å². The Balaban J connectivity index is 1.41. The zero-order valence-electron chi connectivity index (χ0n) is 17.8. The monoisotopic (exact) mass is 469 g/mol. The second-order valence-corrected chi connectivity index (χ2v) is 9.56. The zero-order chi connectivity index (χ0) is 22.8. The first-order valence-electron chi connectivity index (χ1n) is 11.0. The number of thiophene rings is 1. The van der Waals surface area contributed by atoms with E-state index in [1.807, 2.05) is 36.4 Å². The van der Waals surface area contributed by atoms with Crippen LogP contribution in [0.25, 0.3) is 37.2 Å². The van der Waals surface area contributed by atoms with Gasteiger partial charge >= 0.3 is 0 Å². The SMILES string of the molecule is FC(F)c1cc(-c2ccccc2)c2c(n1)sc1c2ncn2nc([C@@H]3C[C@H]3c3ccccc3)nc12. The molecule has 0 unspecified atom stereocenters. The summed E-state index contributed by atoms with van der Waals surface area (Å²) in [6.45, 7) is 0. The molecular formula is C26H17F2N5S. The number of hydrogen-bond acceptors (Lipinski definition) is 5. The average Bonchev–Trinajstić information content (AvgIpc) is 3.40. The molecule has 166 valence electrons. The van der Waals surface area contributed by atoms with E-state index >= 15 is 0 Å². The third-order valence-corrected chi connectivity index (χ3v) is 7.53. The highest BCUT2D eigenvalue weighted by Crippen LogP contribution is 2.53. The minimum absolute atomic E-state index is 0.236. The van der Waals surface area contributed by atoms with Crippen molar-refractivity contribution in [2.75, 3.05) is 0 Å². The van der Waals surface area contributed by atoms with Crippen LogP contribution in [0.15, 0.2) is 73.1 Å². The summed E-state index contributed by atoms with van der Waals surface area (Å²) in [5.74, 6) is 1.49. The first kappa shape index (κ1) is 19.7. The highest BCUT2D eigenvalue weighted by Gasteiger charge is 2.42. The lowest BCUT2D eigenvalue weighted by molar-refractivity contribution is 0.146. The van der Waals surface area contributed by atoms with Crippen molar-refractivity contribution in [1.82, 2.24) is 24.6 Å². The summed E-state index contributed by atoms with van der Waals surface area (Å²) in [7, 11) is 0. The molecule has 1 fully saturated rings. The van der Waals surface area contributed by atoms with Crippen molar-refractivity contribution in [3.8, 4) is 11.1 Å². The molecule has 2 atom stereocenters. The maximum atomic E-state index is 13.7. The minimum atomic E-state index is -2.66. The molecule has 8 heteroatoms. The predicted octanol–water partition coefficient (Wildman–Crippen LogP) is 6.76. The maximum Gasteiger partial charge on any atom is 0.280 e.